The predicted octanol–water partition coefficient (Wildman–Crippen LogP) is 4.48. The molecule has 2 unspecified atom stereocenters. The molecule has 0 aliphatic carbocycles. The summed E-state index contributed by atoms with van der Waals surface area (Å²) < 4.78 is 26.6. The first kappa shape index (κ1) is 110. The first-order chi connectivity index (χ1) is 53.5. The number of aromatic nitrogens is 6. The van der Waals surface area contributed by atoms with Crippen LogP contribution in [0.15, 0.2) is 17.5 Å². The molecule has 2 aromatic rings. The summed E-state index contributed by atoms with van der Waals surface area (Å²) in [6.07, 6.45) is 24.1. The molecule has 39 heteroatoms. The summed E-state index contributed by atoms with van der Waals surface area (Å²) in [4.78, 5) is 64.5. The quantitative estimate of drug-likeness (QED) is 0.0143. The number of aliphatic hydroxyl groups excluding tert-OH is 9. The van der Waals surface area contributed by atoms with Gasteiger partial charge >= 0.3 is 0 Å². The molecule has 2 aromatic heterocycles. The number of carbonyl (C=O) groups is 5. The number of rotatable bonds is 69. The SMILES string of the molecule is C.C#CCOCC(C)(COCC#C)NC(=O)CCC(CSCCC)SCCC.CCCSCC(CCC(=O)NC(C)(COCc1cn(CCCSCCC(=O)NC(CO)(CO)CO)nn1)COCc1cn(CCCSCCC(=O)NC(CO)(CO)CO)nn1)SCCC.[N-]=[N+]=NCCCSCCC(=O)NC(CO)(CO)CO. The molecular formula is C73H134N14O18S7. The number of hydrogen-bond acceptors (Lipinski definition) is 30. The van der Waals surface area contributed by atoms with Crippen molar-refractivity contribution < 1.29 is 88.9 Å². The van der Waals surface area contributed by atoms with Crippen LogP contribution in [0.3, 0.4) is 0 Å². The Labute approximate surface area is 694 Å². The van der Waals surface area contributed by atoms with Gasteiger partial charge in [0.2, 0.25) is 29.5 Å². The van der Waals surface area contributed by atoms with E-state index in [0.717, 1.165) is 97.4 Å². The summed E-state index contributed by atoms with van der Waals surface area (Å²) in [6.45, 7) is 10.9. The average molecular weight is 1720 g/mol. The Morgan fingerprint density at radius 1 is 0.482 bits per heavy atom. The molecule has 5 amide bonds. The van der Waals surface area contributed by atoms with Crippen LogP contribution in [0.25, 0.3) is 10.4 Å². The molecular weight excluding hydrogens is 1590 g/mol. The largest absolute Gasteiger partial charge is 0.394 e. The Hall–Kier alpha value is -4.01. The maximum Gasteiger partial charge on any atom is 0.221 e. The van der Waals surface area contributed by atoms with Crippen molar-refractivity contribution in [2.24, 2.45) is 5.11 Å². The van der Waals surface area contributed by atoms with Crippen LogP contribution in [0.5, 0.6) is 0 Å². The van der Waals surface area contributed by atoms with Gasteiger partial charge in [-0.25, -0.2) is 0 Å². The second-order valence-corrected chi connectivity index (χ2v) is 35.6. The van der Waals surface area contributed by atoms with Crippen molar-refractivity contribution in [2.45, 2.75) is 203 Å². The molecule has 0 aliphatic heterocycles. The molecule has 0 radical (unpaired) electrons. The monoisotopic (exact) mass is 1720 g/mol. The van der Waals surface area contributed by atoms with E-state index in [2.05, 4.69) is 96.8 Å². The molecule has 0 spiro atoms. The summed E-state index contributed by atoms with van der Waals surface area (Å²) in [5.41, 5.74) is 3.61. The van der Waals surface area contributed by atoms with Crippen LogP contribution < -0.4 is 26.6 Å². The third kappa shape index (κ3) is 54.1. The van der Waals surface area contributed by atoms with Gasteiger partial charge in [-0.2, -0.15) is 82.3 Å². The zero-order chi connectivity index (χ0) is 82.8. The van der Waals surface area contributed by atoms with Crippen molar-refractivity contribution in [2.75, 3.05) is 175 Å². The summed E-state index contributed by atoms with van der Waals surface area (Å²) in [5.74, 6) is 14.3. The number of terminal acetylenes is 2. The zero-order valence-electron chi connectivity index (χ0n) is 66.1. The van der Waals surface area contributed by atoms with Gasteiger partial charge in [-0.3, -0.25) is 33.3 Å². The van der Waals surface area contributed by atoms with Crippen molar-refractivity contribution in [3.63, 3.8) is 0 Å². The lowest BCUT2D eigenvalue weighted by molar-refractivity contribution is -0.126. The molecule has 2 heterocycles. The van der Waals surface area contributed by atoms with Crippen molar-refractivity contribution in [3.8, 4) is 24.7 Å². The molecule has 2 atom stereocenters. The average Bonchev–Trinajstić information content (AvgIpc) is 1.16. The molecule has 112 heavy (non-hydrogen) atoms. The predicted molar refractivity (Wildman–Crippen MR) is 455 cm³/mol. The van der Waals surface area contributed by atoms with Gasteiger partial charge in [0.25, 0.3) is 0 Å². The lowest BCUT2D eigenvalue weighted by atomic mass is 10.0. The van der Waals surface area contributed by atoms with Crippen LogP contribution >= 0.6 is 82.3 Å². The van der Waals surface area contributed by atoms with E-state index in [1.54, 1.807) is 44.6 Å². The number of hydrogen-bond donors (Lipinski definition) is 14. The maximum absolute atomic E-state index is 13.4. The fourth-order valence-corrected chi connectivity index (χ4v) is 16.8. The van der Waals surface area contributed by atoms with Crippen LogP contribution in [0.2, 0.25) is 0 Å². The van der Waals surface area contributed by atoms with Gasteiger partial charge in [-0.15, -0.1) is 23.0 Å². The van der Waals surface area contributed by atoms with Crippen molar-refractivity contribution >= 4 is 112 Å². The van der Waals surface area contributed by atoms with E-state index in [1.807, 2.05) is 73.3 Å². The summed E-state index contributed by atoms with van der Waals surface area (Å²) in [7, 11) is 0. The second-order valence-electron chi connectivity index (χ2n) is 26.8. The molecule has 646 valence electrons. The third-order valence-electron chi connectivity index (χ3n) is 15.7. The highest BCUT2D eigenvalue weighted by molar-refractivity contribution is 8.03. The van der Waals surface area contributed by atoms with Gasteiger partial charge in [-0.1, -0.05) is 62.5 Å². The van der Waals surface area contributed by atoms with Gasteiger partial charge in [0.05, 0.1) is 123 Å². The van der Waals surface area contributed by atoms with Crippen LogP contribution in [0, 0.1) is 24.7 Å². The molecule has 0 fully saturated rings. The van der Waals surface area contributed by atoms with Crippen LogP contribution in [0.4, 0.5) is 0 Å². The van der Waals surface area contributed by atoms with Crippen LogP contribution in [-0.4, -0.2) is 318 Å². The van der Waals surface area contributed by atoms with Crippen molar-refractivity contribution in [1.82, 2.24) is 56.6 Å². The fraction of sp³-hybridized carbons (Fsp3) is 0.822. The van der Waals surface area contributed by atoms with Gasteiger partial charge < -0.3 is 91.5 Å². The van der Waals surface area contributed by atoms with E-state index < -0.39 is 87.2 Å². The molecule has 0 saturated carbocycles. The van der Waals surface area contributed by atoms with E-state index in [4.69, 9.17) is 52.6 Å². The highest BCUT2D eigenvalue weighted by Crippen LogP contribution is 2.25. The molecule has 0 bridgehead atoms. The lowest BCUT2D eigenvalue weighted by Gasteiger charge is -2.30. The number of aliphatic hydroxyl groups is 9. The first-order valence-corrected chi connectivity index (χ1v) is 45.5. The van der Waals surface area contributed by atoms with Gasteiger partial charge in [0.15, 0.2) is 0 Å². The van der Waals surface area contributed by atoms with E-state index >= 15 is 0 Å². The minimum absolute atomic E-state index is 0. The smallest absolute Gasteiger partial charge is 0.221 e. The van der Waals surface area contributed by atoms with Crippen LogP contribution in [0.1, 0.15) is 150 Å². The van der Waals surface area contributed by atoms with E-state index in [-0.39, 0.29) is 109 Å². The number of thioether (sulfide) groups is 7. The van der Waals surface area contributed by atoms with E-state index in [1.165, 1.54) is 12.2 Å². The Morgan fingerprint density at radius 2 is 0.804 bits per heavy atom. The zero-order valence-corrected chi connectivity index (χ0v) is 71.8. The highest BCUT2D eigenvalue weighted by Gasteiger charge is 2.34. The Morgan fingerprint density at radius 3 is 1.12 bits per heavy atom. The van der Waals surface area contributed by atoms with Crippen LogP contribution in [-0.2, 0) is 69.2 Å². The topological polar surface area (TPSA) is 475 Å². The molecule has 32 nitrogen and oxygen atoms in total. The number of nitrogens with one attached hydrogen (secondary N) is 5. The fourth-order valence-electron chi connectivity index (χ4n) is 9.41. The summed E-state index contributed by atoms with van der Waals surface area (Å²) in [5, 5.41) is 118. The number of carbonyl (C=O) groups excluding carboxylic acids is 5. The maximum atomic E-state index is 13.4. The van der Waals surface area contributed by atoms with Crippen molar-refractivity contribution in [1.29, 1.82) is 0 Å². The Balaban J connectivity index is 0. The molecule has 0 aliphatic rings. The number of azide groups is 1. The van der Waals surface area contributed by atoms with Gasteiger partial charge in [-0.05, 0) is 117 Å². The normalized spacial score (nSPS) is 12.2. The van der Waals surface area contributed by atoms with Gasteiger partial charge in [0.1, 0.15) is 41.2 Å². The third-order valence-corrected chi connectivity index (χ3v) is 25.1. The molecule has 14 N–H and O–H groups in total. The number of ether oxygens (including phenoxy) is 4. The molecule has 2 rings (SSSR count). The minimum atomic E-state index is -1.43. The van der Waals surface area contributed by atoms with E-state index in [9.17, 15) is 54.6 Å². The lowest BCUT2D eigenvalue weighted by Crippen LogP contribution is -2.57. The Bertz CT molecular complexity index is 2740. The molecule has 0 saturated heterocycles. The van der Waals surface area contributed by atoms with E-state index in [0.29, 0.717) is 71.6 Å². The second kappa shape index (κ2) is 70.0. The number of amides is 5. The number of aryl methyl sites for hydroxylation is 2. The highest BCUT2D eigenvalue weighted by atomic mass is 32.2. The standard InChI is InChI=1S/C41H75N9O11S4.C21H35NO3S2.C10H20N4O4S.CH4/c1-4-14-64-24-35(65-15-5-2)8-9-36(57)42-39(3,31-60-22-33-20-49(47-45-33)12-6-16-62-18-10-37(58)43-40(25-51,26-52)27-53)32-61-23-34-21-50(48-46-34)13-7-17-63-19-11-38(59)44-41(28-54,29-55)30-56;1-6-12-24-17-21(5,18-25-13-7-2)22-20(23)11-10-19(27-15-9-4)16-26-14-8-3;11-14-12-3-1-4-19-5-2-9(18)13-10(6-15,7-16)8-17;/h20-21,35,51-56H,4-19,22-32H2,1-3H3,(H,42,57)(H,43,58)(H,44,59);1-2,19H,8-18H2,3-5H3,(H,22,23);15-17H,1-8H2,(H,13,18);1H4. The summed E-state index contributed by atoms with van der Waals surface area (Å²) >= 11 is 12.5. The molecule has 0 aromatic carbocycles. The van der Waals surface area contributed by atoms with Crippen molar-refractivity contribution in [3.05, 3.63) is 34.2 Å². The minimum Gasteiger partial charge on any atom is -0.394 e. The summed E-state index contributed by atoms with van der Waals surface area (Å²) in [6, 6.07) is 0. The Kier molecular flexibility index (Phi) is 68.8. The number of nitrogens with zero attached hydrogens (tertiary/aromatic N) is 9. The van der Waals surface area contributed by atoms with Gasteiger partial charge in [0, 0.05) is 95.9 Å². The first-order valence-electron chi connectivity index (χ1n) is 37.6.